The molecule has 4 aromatic rings. The number of rotatable bonds is 4. The molecule has 4 rings (SSSR count). The fraction of sp³-hybridized carbons (Fsp3) is 0.118. The topological polar surface area (TPSA) is 154 Å². The standard InChI is InChI=1S/C17H13ClN8O4/c1-8-5-13(20-15(27)9-3-4-11(18)12(6-9)26(29)30)25(23-8)17-21-14-10(16(28)22-17)7-19-24(14)2/h3-7H,1-2H3,(H,20,27)(H,21,22,28). The number of amides is 1. The van der Waals surface area contributed by atoms with E-state index in [2.05, 4.69) is 25.5 Å². The Balaban J connectivity index is 1.74. The van der Waals surface area contributed by atoms with Gasteiger partial charge in [-0.15, -0.1) is 0 Å². The number of fused-ring (bicyclic) bond motifs is 1. The van der Waals surface area contributed by atoms with Gasteiger partial charge in [0.05, 0.1) is 16.8 Å². The number of halogens is 1. The Kier molecular flexibility index (Phi) is 4.54. The molecule has 0 aliphatic carbocycles. The maximum atomic E-state index is 12.7. The Morgan fingerprint density at radius 3 is 2.83 bits per heavy atom. The van der Waals surface area contributed by atoms with Crippen LogP contribution >= 0.6 is 11.6 Å². The number of nitrogens with one attached hydrogen (secondary N) is 2. The first-order chi connectivity index (χ1) is 14.2. The van der Waals surface area contributed by atoms with Crippen LogP contribution in [0.1, 0.15) is 16.1 Å². The molecule has 0 unspecified atom stereocenters. The summed E-state index contributed by atoms with van der Waals surface area (Å²) in [6.45, 7) is 1.69. The highest BCUT2D eigenvalue weighted by Gasteiger charge is 2.19. The van der Waals surface area contributed by atoms with E-state index in [9.17, 15) is 19.7 Å². The van der Waals surface area contributed by atoms with Crippen molar-refractivity contribution in [3.05, 3.63) is 67.2 Å². The summed E-state index contributed by atoms with van der Waals surface area (Å²) in [5, 5.41) is 22.2. The van der Waals surface area contributed by atoms with E-state index >= 15 is 0 Å². The summed E-state index contributed by atoms with van der Waals surface area (Å²) in [6.07, 6.45) is 1.40. The molecular formula is C17H13ClN8O4. The molecule has 152 valence electrons. The molecule has 1 amide bonds. The van der Waals surface area contributed by atoms with Crippen molar-refractivity contribution in [2.75, 3.05) is 5.32 Å². The number of H-pyrrole nitrogens is 1. The van der Waals surface area contributed by atoms with E-state index in [1.54, 1.807) is 20.0 Å². The minimum Gasteiger partial charge on any atom is -0.306 e. The number of nitrogens with zero attached hydrogens (tertiary/aromatic N) is 6. The molecule has 3 heterocycles. The molecule has 12 nitrogen and oxygen atoms in total. The summed E-state index contributed by atoms with van der Waals surface area (Å²) in [7, 11) is 1.64. The summed E-state index contributed by atoms with van der Waals surface area (Å²) in [5.74, 6) is -0.346. The lowest BCUT2D eigenvalue weighted by molar-refractivity contribution is -0.384. The molecule has 1 aromatic carbocycles. The zero-order chi connectivity index (χ0) is 21.6. The zero-order valence-electron chi connectivity index (χ0n) is 15.6. The Morgan fingerprint density at radius 2 is 2.10 bits per heavy atom. The Bertz CT molecular complexity index is 1390. The highest BCUT2D eigenvalue weighted by Crippen LogP contribution is 2.25. The number of nitro groups is 1. The summed E-state index contributed by atoms with van der Waals surface area (Å²) in [4.78, 5) is 42.3. The number of benzene rings is 1. The van der Waals surface area contributed by atoms with Crippen LogP contribution in [0.4, 0.5) is 11.5 Å². The molecule has 0 saturated heterocycles. The van der Waals surface area contributed by atoms with Crippen molar-refractivity contribution in [2.24, 2.45) is 7.05 Å². The van der Waals surface area contributed by atoms with Gasteiger partial charge in [0.1, 0.15) is 16.2 Å². The second kappa shape index (κ2) is 7.08. The first kappa shape index (κ1) is 19.3. The number of carbonyl (C=O) groups is 1. The summed E-state index contributed by atoms with van der Waals surface area (Å²) >= 11 is 5.79. The quantitative estimate of drug-likeness (QED) is 0.372. The third kappa shape index (κ3) is 3.28. The first-order valence-corrected chi connectivity index (χ1v) is 8.87. The fourth-order valence-corrected chi connectivity index (χ4v) is 3.04. The second-order valence-electron chi connectivity index (χ2n) is 6.36. The number of hydrogen-bond acceptors (Lipinski definition) is 7. The van der Waals surface area contributed by atoms with Gasteiger partial charge in [-0.1, -0.05) is 11.6 Å². The van der Waals surface area contributed by atoms with Gasteiger partial charge in [-0.05, 0) is 19.1 Å². The van der Waals surface area contributed by atoms with Gasteiger partial charge in [-0.3, -0.25) is 29.4 Å². The average molecular weight is 429 g/mol. The van der Waals surface area contributed by atoms with E-state index in [1.807, 2.05) is 0 Å². The van der Waals surface area contributed by atoms with Crippen LogP contribution in [0.3, 0.4) is 0 Å². The van der Waals surface area contributed by atoms with Crippen LogP contribution in [0, 0.1) is 17.0 Å². The molecule has 13 heteroatoms. The molecule has 0 bridgehead atoms. The van der Waals surface area contributed by atoms with Gasteiger partial charge in [0.2, 0.25) is 5.95 Å². The molecule has 0 saturated carbocycles. The molecular weight excluding hydrogens is 416 g/mol. The Hall–Kier alpha value is -4.06. The summed E-state index contributed by atoms with van der Waals surface area (Å²) < 4.78 is 2.70. The number of aryl methyl sites for hydroxylation is 2. The van der Waals surface area contributed by atoms with Gasteiger partial charge < -0.3 is 5.32 Å². The van der Waals surface area contributed by atoms with Crippen molar-refractivity contribution in [3.63, 3.8) is 0 Å². The van der Waals surface area contributed by atoms with Crippen LogP contribution in [0.15, 0.2) is 35.3 Å². The molecule has 0 aliphatic heterocycles. The van der Waals surface area contributed by atoms with Crippen molar-refractivity contribution in [1.29, 1.82) is 0 Å². The van der Waals surface area contributed by atoms with Crippen molar-refractivity contribution >= 4 is 40.0 Å². The van der Waals surface area contributed by atoms with Crippen LogP contribution in [0.5, 0.6) is 0 Å². The third-order valence-electron chi connectivity index (χ3n) is 4.27. The van der Waals surface area contributed by atoms with Gasteiger partial charge >= 0.3 is 0 Å². The van der Waals surface area contributed by atoms with E-state index < -0.39 is 16.4 Å². The van der Waals surface area contributed by atoms with Crippen LogP contribution in [-0.2, 0) is 7.05 Å². The van der Waals surface area contributed by atoms with Crippen LogP contribution in [0.2, 0.25) is 5.02 Å². The zero-order valence-corrected chi connectivity index (χ0v) is 16.3. The fourth-order valence-electron chi connectivity index (χ4n) is 2.85. The van der Waals surface area contributed by atoms with Gasteiger partial charge in [-0.25, -0.2) is 0 Å². The SMILES string of the molecule is Cc1cc(NC(=O)c2ccc(Cl)c([N+](=O)[O-])c2)n(-c2nc3c(cnn3C)c(=O)[nH]2)n1. The number of anilines is 1. The summed E-state index contributed by atoms with van der Waals surface area (Å²) in [6, 6.07) is 5.27. The lowest BCUT2D eigenvalue weighted by Crippen LogP contribution is -2.19. The van der Waals surface area contributed by atoms with E-state index in [0.29, 0.717) is 16.7 Å². The smallest absolute Gasteiger partial charge is 0.288 e. The van der Waals surface area contributed by atoms with Crippen molar-refractivity contribution in [3.8, 4) is 5.95 Å². The highest BCUT2D eigenvalue weighted by molar-refractivity contribution is 6.32. The normalized spacial score (nSPS) is 11.0. The van der Waals surface area contributed by atoms with Gasteiger partial charge in [0.25, 0.3) is 17.2 Å². The maximum absolute atomic E-state index is 12.7. The number of nitro benzene ring substituents is 1. The number of carbonyl (C=O) groups excluding carboxylic acids is 1. The van der Waals surface area contributed by atoms with E-state index in [4.69, 9.17) is 11.6 Å². The molecule has 0 aliphatic rings. The van der Waals surface area contributed by atoms with Crippen molar-refractivity contribution < 1.29 is 9.72 Å². The van der Waals surface area contributed by atoms with E-state index in [0.717, 1.165) is 6.07 Å². The maximum Gasteiger partial charge on any atom is 0.288 e. The molecule has 0 atom stereocenters. The molecule has 0 spiro atoms. The Labute approximate surface area is 172 Å². The highest BCUT2D eigenvalue weighted by atomic mass is 35.5. The predicted molar refractivity (Wildman–Crippen MR) is 107 cm³/mol. The lowest BCUT2D eigenvalue weighted by atomic mass is 10.2. The molecule has 0 fully saturated rings. The van der Waals surface area contributed by atoms with E-state index in [1.165, 1.54) is 27.7 Å². The third-order valence-corrected chi connectivity index (χ3v) is 4.59. The second-order valence-corrected chi connectivity index (χ2v) is 6.76. The van der Waals surface area contributed by atoms with Gasteiger partial charge in [0.15, 0.2) is 5.65 Å². The van der Waals surface area contributed by atoms with Crippen LogP contribution in [0.25, 0.3) is 17.0 Å². The van der Waals surface area contributed by atoms with Crippen molar-refractivity contribution in [2.45, 2.75) is 6.92 Å². The number of hydrogen-bond donors (Lipinski definition) is 2. The van der Waals surface area contributed by atoms with Gasteiger partial charge in [0, 0.05) is 24.7 Å². The number of aromatic amines is 1. The minimum atomic E-state index is -0.675. The largest absolute Gasteiger partial charge is 0.306 e. The van der Waals surface area contributed by atoms with Gasteiger partial charge in [-0.2, -0.15) is 19.9 Å². The summed E-state index contributed by atoms with van der Waals surface area (Å²) in [5.41, 5.74) is 0.108. The monoisotopic (exact) mass is 428 g/mol. The average Bonchev–Trinajstić information content (AvgIpc) is 3.24. The Morgan fingerprint density at radius 1 is 1.33 bits per heavy atom. The predicted octanol–water partition coefficient (Wildman–Crippen LogP) is 1.96. The molecule has 0 radical (unpaired) electrons. The molecule has 2 N–H and O–H groups in total. The molecule has 3 aromatic heterocycles. The number of aromatic nitrogens is 6. The molecule has 30 heavy (non-hydrogen) atoms. The van der Waals surface area contributed by atoms with Crippen LogP contribution in [-0.4, -0.2) is 40.4 Å². The lowest BCUT2D eigenvalue weighted by Gasteiger charge is -2.08. The van der Waals surface area contributed by atoms with E-state index in [-0.39, 0.29) is 28.0 Å². The van der Waals surface area contributed by atoms with Crippen LogP contribution < -0.4 is 10.9 Å². The first-order valence-electron chi connectivity index (χ1n) is 8.49. The van der Waals surface area contributed by atoms with Crippen molar-refractivity contribution in [1.82, 2.24) is 29.5 Å². The minimum absolute atomic E-state index is 0.0278.